The number of ether oxygens (including phenoxy) is 2. The first-order valence-electron chi connectivity index (χ1n) is 7.62. The Morgan fingerprint density at radius 2 is 2.37 bits per heavy atom. The molecule has 0 N–H and O–H groups in total. The zero-order valence-electron chi connectivity index (χ0n) is 12.2. The number of rotatable bonds is 6. The predicted octanol–water partition coefficient (Wildman–Crippen LogP) is 3.93. The molecule has 0 saturated heterocycles. The maximum atomic E-state index is 5.71. The third-order valence-electron chi connectivity index (χ3n) is 5.44. The van der Waals surface area contributed by atoms with Crippen molar-refractivity contribution < 1.29 is 9.47 Å². The number of fused-ring (bicyclic) bond motifs is 1. The van der Waals surface area contributed by atoms with E-state index in [1.165, 1.54) is 25.7 Å². The Hall–Kier alpha value is -0.600. The van der Waals surface area contributed by atoms with Crippen molar-refractivity contribution in [2.45, 2.75) is 45.3 Å². The highest BCUT2D eigenvalue weighted by Gasteiger charge is 2.48. The molecule has 106 valence electrons. The molecule has 5 unspecified atom stereocenters. The van der Waals surface area contributed by atoms with Crippen LogP contribution in [0.1, 0.15) is 39.0 Å². The lowest BCUT2D eigenvalue weighted by molar-refractivity contribution is -0.0955. The summed E-state index contributed by atoms with van der Waals surface area (Å²) in [5.74, 6) is 2.94. The Labute approximate surface area is 116 Å². The van der Waals surface area contributed by atoms with E-state index in [0.717, 1.165) is 30.8 Å². The third kappa shape index (κ3) is 2.53. The molecule has 0 aromatic carbocycles. The van der Waals surface area contributed by atoms with Gasteiger partial charge in [-0.05, 0) is 61.3 Å². The van der Waals surface area contributed by atoms with E-state index in [4.69, 9.17) is 9.47 Å². The second-order valence-corrected chi connectivity index (χ2v) is 6.95. The number of hydrogen-bond donors (Lipinski definition) is 0. The molecule has 3 aliphatic rings. The van der Waals surface area contributed by atoms with Crippen LogP contribution in [0.2, 0.25) is 0 Å². The lowest BCUT2D eigenvalue weighted by Gasteiger charge is -2.38. The quantitative estimate of drug-likeness (QED) is 0.533. The minimum absolute atomic E-state index is 0.258. The van der Waals surface area contributed by atoms with Crippen molar-refractivity contribution in [1.29, 1.82) is 0 Å². The highest BCUT2D eigenvalue weighted by atomic mass is 16.7. The van der Waals surface area contributed by atoms with E-state index in [-0.39, 0.29) is 6.29 Å². The van der Waals surface area contributed by atoms with Crippen molar-refractivity contribution in [3.8, 4) is 0 Å². The normalized spacial score (nSPS) is 41.2. The summed E-state index contributed by atoms with van der Waals surface area (Å²) in [5.41, 5.74) is 2.08. The first-order chi connectivity index (χ1) is 9.13. The van der Waals surface area contributed by atoms with E-state index in [1.807, 2.05) is 0 Å². The first-order valence-corrected chi connectivity index (χ1v) is 7.62. The minimum atomic E-state index is -0.258. The van der Waals surface area contributed by atoms with Gasteiger partial charge in [0.05, 0.1) is 6.61 Å². The number of hydrogen-bond acceptors (Lipinski definition) is 2. The molecule has 0 radical (unpaired) electrons. The summed E-state index contributed by atoms with van der Waals surface area (Å²) in [6.45, 7) is 6.88. The second-order valence-electron chi connectivity index (χ2n) is 6.95. The molecule has 5 atom stereocenters. The largest absolute Gasteiger partial charge is 0.352 e. The van der Waals surface area contributed by atoms with Gasteiger partial charge in [0.15, 0.2) is 6.29 Å². The molecule has 0 amide bonds. The highest BCUT2D eigenvalue weighted by Crippen LogP contribution is 2.59. The molecule has 2 saturated carbocycles. The molecule has 2 nitrogen and oxygen atoms in total. The van der Waals surface area contributed by atoms with Crippen LogP contribution in [0, 0.1) is 23.2 Å². The Bertz CT molecular complexity index is 387. The van der Waals surface area contributed by atoms with E-state index >= 15 is 0 Å². The average molecular weight is 262 g/mol. The summed E-state index contributed by atoms with van der Waals surface area (Å²) in [6, 6.07) is 0. The summed E-state index contributed by atoms with van der Waals surface area (Å²) in [6.07, 6.45) is 10.8. The molecule has 2 bridgehead atoms. The lowest BCUT2D eigenvalue weighted by atomic mass is 9.67. The van der Waals surface area contributed by atoms with Crippen LogP contribution in [0.25, 0.3) is 0 Å². The number of methoxy groups -OCH3 is 1. The van der Waals surface area contributed by atoms with Crippen LogP contribution >= 0.6 is 0 Å². The molecule has 2 fully saturated rings. The van der Waals surface area contributed by atoms with Crippen LogP contribution in [-0.2, 0) is 9.47 Å². The molecular formula is C17H26O2. The molecule has 19 heavy (non-hydrogen) atoms. The van der Waals surface area contributed by atoms with Gasteiger partial charge in [-0.1, -0.05) is 25.2 Å². The summed E-state index contributed by atoms with van der Waals surface area (Å²) in [5, 5.41) is 0. The van der Waals surface area contributed by atoms with Gasteiger partial charge in [0.1, 0.15) is 0 Å². The molecule has 2 heteroatoms. The number of allylic oxidation sites excluding steroid dienone is 2. The van der Waals surface area contributed by atoms with E-state index in [1.54, 1.807) is 18.8 Å². The van der Waals surface area contributed by atoms with E-state index in [0.29, 0.717) is 5.41 Å². The van der Waals surface area contributed by atoms with Gasteiger partial charge in [0, 0.05) is 7.11 Å². The van der Waals surface area contributed by atoms with Crippen LogP contribution < -0.4 is 0 Å². The molecule has 0 heterocycles. The van der Waals surface area contributed by atoms with Gasteiger partial charge in [-0.15, -0.1) is 0 Å². The fourth-order valence-electron chi connectivity index (χ4n) is 4.53. The van der Waals surface area contributed by atoms with E-state index in [9.17, 15) is 0 Å². The van der Waals surface area contributed by atoms with Crippen molar-refractivity contribution in [3.05, 3.63) is 24.3 Å². The van der Waals surface area contributed by atoms with Crippen LogP contribution in [0.4, 0.5) is 0 Å². The molecule has 3 aliphatic carbocycles. The SMILES string of the molecule is C=CC(OC)OCCC1(C)C=C2CC3CC(CC23)C1. The van der Waals surface area contributed by atoms with Gasteiger partial charge >= 0.3 is 0 Å². The topological polar surface area (TPSA) is 18.5 Å². The van der Waals surface area contributed by atoms with E-state index in [2.05, 4.69) is 19.6 Å². The van der Waals surface area contributed by atoms with Crippen LogP contribution in [0.3, 0.4) is 0 Å². The lowest BCUT2D eigenvalue weighted by Crippen LogP contribution is -2.28. The van der Waals surface area contributed by atoms with Crippen LogP contribution in [-0.4, -0.2) is 20.0 Å². The monoisotopic (exact) mass is 262 g/mol. The Morgan fingerprint density at radius 1 is 1.53 bits per heavy atom. The second kappa shape index (κ2) is 5.06. The van der Waals surface area contributed by atoms with Crippen LogP contribution in [0.15, 0.2) is 24.3 Å². The van der Waals surface area contributed by atoms with Crippen molar-refractivity contribution in [2.75, 3.05) is 13.7 Å². The van der Waals surface area contributed by atoms with E-state index < -0.39 is 0 Å². The smallest absolute Gasteiger partial charge is 0.176 e. The fraction of sp³-hybridized carbons (Fsp3) is 0.765. The maximum Gasteiger partial charge on any atom is 0.176 e. The highest BCUT2D eigenvalue weighted by molar-refractivity contribution is 5.26. The summed E-state index contributed by atoms with van der Waals surface area (Å²) >= 11 is 0. The zero-order chi connectivity index (χ0) is 13.5. The summed E-state index contributed by atoms with van der Waals surface area (Å²) in [7, 11) is 1.66. The minimum Gasteiger partial charge on any atom is -0.352 e. The molecule has 3 rings (SSSR count). The van der Waals surface area contributed by atoms with Crippen molar-refractivity contribution >= 4 is 0 Å². The average Bonchev–Trinajstić information content (AvgIpc) is 2.62. The van der Waals surface area contributed by atoms with Gasteiger partial charge in [0.2, 0.25) is 0 Å². The van der Waals surface area contributed by atoms with Gasteiger partial charge < -0.3 is 9.47 Å². The van der Waals surface area contributed by atoms with Gasteiger partial charge in [-0.2, -0.15) is 0 Å². The van der Waals surface area contributed by atoms with Gasteiger partial charge in [-0.25, -0.2) is 0 Å². The molecule has 0 aromatic rings. The summed E-state index contributed by atoms with van der Waals surface area (Å²) < 4.78 is 10.9. The van der Waals surface area contributed by atoms with Gasteiger partial charge in [-0.3, -0.25) is 0 Å². The maximum absolute atomic E-state index is 5.71. The fourth-order valence-corrected chi connectivity index (χ4v) is 4.53. The molecule has 0 aromatic heterocycles. The predicted molar refractivity (Wildman–Crippen MR) is 76.7 cm³/mol. The standard InChI is InChI=1S/C17H26O2/c1-4-16(18-3)19-6-5-17(2)10-12-7-13-9-14(11-17)15(13)8-12/h4,11-13,15-16H,1,5-10H2,2-3H3. The van der Waals surface area contributed by atoms with Crippen molar-refractivity contribution in [3.63, 3.8) is 0 Å². The first kappa shape index (κ1) is 13.4. The zero-order valence-corrected chi connectivity index (χ0v) is 12.2. The Balaban J connectivity index is 1.59. The summed E-state index contributed by atoms with van der Waals surface area (Å²) in [4.78, 5) is 0. The molecule has 0 spiro atoms. The van der Waals surface area contributed by atoms with Crippen molar-refractivity contribution in [1.82, 2.24) is 0 Å². The molecule has 0 aliphatic heterocycles. The van der Waals surface area contributed by atoms with Crippen LogP contribution in [0.5, 0.6) is 0 Å². The Morgan fingerprint density at radius 3 is 3.11 bits per heavy atom. The van der Waals surface area contributed by atoms with Gasteiger partial charge in [0.25, 0.3) is 0 Å². The molecular weight excluding hydrogens is 236 g/mol. The van der Waals surface area contributed by atoms with Crippen molar-refractivity contribution in [2.24, 2.45) is 23.2 Å². The Kier molecular flexibility index (Phi) is 3.57. The third-order valence-corrected chi connectivity index (χ3v) is 5.44.